The highest BCUT2D eigenvalue weighted by Gasteiger charge is 2.34. The van der Waals surface area contributed by atoms with Crippen LogP contribution in [0.4, 0.5) is 4.79 Å². The molecule has 1 aromatic rings. The number of carbonyl (C=O) groups is 2. The first kappa shape index (κ1) is 14.8. The van der Waals surface area contributed by atoms with Crippen molar-refractivity contribution in [3.05, 3.63) is 16.1 Å². The van der Waals surface area contributed by atoms with Crippen molar-refractivity contribution in [3.8, 4) is 0 Å². The molecule has 1 heterocycles. The lowest BCUT2D eigenvalue weighted by atomic mass is 10.0. The molecule has 7 heteroatoms. The van der Waals surface area contributed by atoms with Crippen LogP contribution in [-0.2, 0) is 4.79 Å². The van der Waals surface area contributed by atoms with E-state index >= 15 is 0 Å². The number of carboxylic acids is 1. The number of carbonyl (C=O) groups excluding carboxylic acids is 1. The summed E-state index contributed by atoms with van der Waals surface area (Å²) in [6.07, 6.45) is 3.95. The number of nitrogens with one attached hydrogen (secondary N) is 2. The highest BCUT2D eigenvalue weighted by atomic mass is 32.1. The Morgan fingerprint density at radius 1 is 1.50 bits per heavy atom. The SMILES string of the molecule is Cc1cnc(C(C)NC(=O)NC2CCCC2C(=O)O)s1. The molecular formula is C13H19N3O3S. The zero-order valence-corrected chi connectivity index (χ0v) is 12.4. The Kier molecular flexibility index (Phi) is 4.59. The van der Waals surface area contributed by atoms with Gasteiger partial charge in [0, 0.05) is 17.1 Å². The largest absolute Gasteiger partial charge is 0.481 e. The van der Waals surface area contributed by atoms with Crippen LogP contribution in [0.2, 0.25) is 0 Å². The van der Waals surface area contributed by atoms with Gasteiger partial charge in [-0.2, -0.15) is 0 Å². The fraction of sp³-hybridized carbons (Fsp3) is 0.615. The molecule has 1 aromatic heterocycles. The van der Waals surface area contributed by atoms with Gasteiger partial charge in [-0.1, -0.05) is 6.42 Å². The number of thiazole rings is 1. The van der Waals surface area contributed by atoms with Gasteiger partial charge in [0.15, 0.2) is 0 Å². The third-order valence-corrected chi connectivity index (χ3v) is 4.60. The smallest absolute Gasteiger partial charge is 0.315 e. The number of aryl methyl sites for hydroxylation is 1. The first-order valence-electron chi connectivity index (χ1n) is 6.69. The molecule has 2 amide bonds. The molecule has 1 fully saturated rings. The number of carboxylic acid groups (broad SMARTS) is 1. The summed E-state index contributed by atoms with van der Waals surface area (Å²) in [6.45, 7) is 3.82. The van der Waals surface area contributed by atoms with Crippen LogP contribution >= 0.6 is 11.3 Å². The quantitative estimate of drug-likeness (QED) is 0.793. The molecule has 1 aliphatic rings. The minimum Gasteiger partial charge on any atom is -0.481 e. The summed E-state index contributed by atoms with van der Waals surface area (Å²) in [4.78, 5) is 28.3. The summed E-state index contributed by atoms with van der Waals surface area (Å²) >= 11 is 1.54. The minimum atomic E-state index is -0.837. The van der Waals surface area contributed by atoms with Crippen molar-refractivity contribution < 1.29 is 14.7 Å². The number of hydrogen-bond donors (Lipinski definition) is 3. The van der Waals surface area contributed by atoms with Crippen LogP contribution in [-0.4, -0.2) is 28.1 Å². The van der Waals surface area contributed by atoms with E-state index in [1.165, 1.54) is 11.3 Å². The summed E-state index contributed by atoms with van der Waals surface area (Å²) in [5.74, 6) is -1.31. The molecule has 0 radical (unpaired) electrons. The van der Waals surface area contributed by atoms with E-state index in [2.05, 4.69) is 15.6 Å². The molecule has 0 aliphatic heterocycles. The lowest BCUT2D eigenvalue weighted by Crippen LogP contribution is -2.45. The lowest BCUT2D eigenvalue weighted by Gasteiger charge is -2.19. The average molecular weight is 297 g/mol. The normalized spacial score (nSPS) is 23.3. The van der Waals surface area contributed by atoms with Crippen molar-refractivity contribution in [3.63, 3.8) is 0 Å². The molecule has 0 spiro atoms. The fourth-order valence-electron chi connectivity index (χ4n) is 2.47. The number of urea groups is 1. The number of aromatic nitrogens is 1. The third-order valence-electron chi connectivity index (χ3n) is 3.51. The maximum absolute atomic E-state index is 11.9. The first-order valence-corrected chi connectivity index (χ1v) is 7.51. The monoisotopic (exact) mass is 297 g/mol. The van der Waals surface area contributed by atoms with Gasteiger partial charge in [0.25, 0.3) is 0 Å². The Bertz CT molecular complexity index is 503. The van der Waals surface area contributed by atoms with Crippen molar-refractivity contribution >= 4 is 23.3 Å². The number of rotatable bonds is 4. The van der Waals surface area contributed by atoms with Gasteiger partial charge >= 0.3 is 12.0 Å². The predicted molar refractivity (Wildman–Crippen MR) is 75.7 cm³/mol. The molecule has 3 unspecified atom stereocenters. The van der Waals surface area contributed by atoms with Crippen LogP contribution in [0.3, 0.4) is 0 Å². The van der Waals surface area contributed by atoms with Crippen molar-refractivity contribution in [2.75, 3.05) is 0 Å². The van der Waals surface area contributed by atoms with E-state index in [9.17, 15) is 9.59 Å². The molecule has 3 N–H and O–H groups in total. The van der Waals surface area contributed by atoms with Gasteiger partial charge in [0.1, 0.15) is 5.01 Å². The van der Waals surface area contributed by atoms with Crippen LogP contribution in [0.5, 0.6) is 0 Å². The van der Waals surface area contributed by atoms with Crippen LogP contribution in [0.25, 0.3) is 0 Å². The summed E-state index contributed by atoms with van der Waals surface area (Å²) in [7, 11) is 0. The summed E-state index contributed by atoms with van der Waals surface area (Å²) in [5.41, 5.74) is 0. The highest BCUT2D eigenvalue weighted by molar-refractivity contribution is 7.11. The van der Waals surface area contributed by atoms with E-state index in [-0.39, 0.29) is 18.1 Å². The fourth-order valence-corrected chi connectivity index (χ4v) is 3.25. The third kappa shape index (κ3) is 3.47. The first-order chi connectivity index (χ1) is 9.47. The number of aliphatic carboxylic acids is 1. The number of amides is 2. The Morgan fingerprint density at radius 2 is 2.25 bits per heavy atom. The van der Waals surface area contributed by atoms with Crippen LogP contribution in [0.15, 0.2) is 6.20 Å². The Hall–Kier alpha value is -1.63. The average Bonchev–Trinajstić information content (AvgIpc) is 2.97. The highest BCUT2D eigenvalue weighted by Crippen LogP contribution is 2.26. The molecule has 1 aliphatic carbocycles. The van der Waals surface area contributed by atoms with Crippen molar-refractivity contribution in [1.29, 1.82) is 0 Å². The van der Waals surface area contributed by atoms with Gasteiger partial charge < -0.3 is 15.7 Å². The minimum absolute atomic E-state index is 0.182. The van der Waals surface area contributed by atoms with Crippen molar-refractivity contribution in [2.24, 2.45) is 5.92 Å². The molecule has 6 nitrogen and oxygen atoms in total. The summed E-state index contributed by atoms with van der Waals surface area (Å²) in [5, 5.41) is 15.5. The molecular weight excluding hydrogens is 278 g/mol. The second-order valence-electron chi connectivity index (χ2n) is 5.13. The van der Waals surface area contributed by atoms with Crippen LogP contribution in [0.1, 0.15) is 42.1 Å². The Balaban J connectivity index is 1.87. The summed E-state index contributed by atoms with van der Waals surface area (Å²) < 4.78 is 0. The maximum Gasteiger partial charge on any atom is 0.315 e. The van der Waals surface area contributed by atoms with E-state index in [4.69, 9.17) is 5.11 Å². The van der Waals surface area contributed by atoms with Crippen LogP contribution in [0, 0.1) is 12.8 Å². The molecule has 2 rings (SSSR count). The van der Waals surface area contributed by atoms with E-state index in [0.29, 0.717) is 6.42 Å². The van der Waals surface area contributed by atoms with Crippen LogP contribution < -0.4 is 10.6 Å². The Labute approximate surface area is 121 Å². The molecule has 1 saturated carbocycles. The molecule has 3 atom stereocenters. The zero-order chi connectivity index (χ0) is 14.7. The predicted octanol–water partition coefficient (Wildman–Crippen LogP) is 2.07. The number of nitrogens with zero attached hydrogens (tertiary/aromatic N) is 1. The molecule has 20 heavy (non-hydrogen) atoms. The van der Waals surface area contributed by atoms with Gasteiger partial charge in [-0.3, -0.25) is 4.79 Å². The van der Waals surface area contributed by atoms with E-state index in [1.807, 2.05) is 13.8 Å². The molecule has 0 aromatic carbocycles. The van der Waals surface area contributed by atoms with Gasteiger partial charge in [-0.15, -0.1) is 11.3 Å². The number of hydrogen-bond acceptors (Lipinski definition) is 4. The van der Waals surface area contributed by atoms with Gasteiger partial charge in [-0.25, -0.2) is 9.78 Å². The standard InChI is InChI=1S/C13H19N3O3S/c1-7-6-14-11(20-7)8(2)15-13(19)16-10-5-3-4-9(10)12(17)18/h6,8-10H,3-5H2,1-2H3,(H,17,18)(H2,15,16,19). The van der Waals surface area contributed by atoms with Gasteiger partial charge in [-0.05, 0) is 26.7 Å². The second-order valence-corrected chi connectivity index (χ2v) is 6.40. The summed E-state index contributed by atoms with van der Waals surface area (Å²) in [6, 6.07) is -0.792. The van der Waals surface area contributed by atoms with E-state index in [0.717, 1.165) is 22.7 Å². The van der Waals surface area contributed by atoms with Gasteiger partial charge in [0.05, 0.1) is 12.0 Å². The Morgan fingerprint density at radius 3 is 2.85 bits per heavy atom. The van der Waals surface area contributed by atoms with E-state index < -0.39 is 11.9 Å². The van der Waals surface area contributed by atoms with E-state index in [1.54, 1.807) is 6.20 Å². The molecule has 0 saturated heterocycles. The van der Waals surface area contributed by atoms with Crippen molar-refractivity contribution in [1.82, 2.24) is 15.6 Å². The lowest BCUT2D eigenvalue weighted by molar-refractivity contribution is -0.142. The van der Waals surface area contributed by atoms with Gasteiger partial charge in [0.2, 0.25) is 0 Å². The molecule has 110 valence electrons. The topological polar surface area (TPSA) is 91.3 Å². The maximum atomic E-state index is 11.9. The second kappa shape index (κ2) is 6.21. The zero-order valence-electron chi connectivity index (χ0n) is 11.5. The molecule has 0 bridgehead atoms. The van der Waals surface area contributed by atoms with Crippen molar-refractivity contribution in [2.45, 2.75) is 45.2 Å².